The fraction of sp³-hybridized carbons (Fsp3) is 0.125. The molecule has 6 nitrogen and oxygen atoms in total. The number of ether oxygens (including phenoxy) is 1. The first-order valence-electron chi connectivity index (χ1n) is 9.42. The summed E-state index contributed by atoms with van der Waals surface area (Å²) in [5.74, 6) is -0.276. The van der Waals surface area contributed by atoms with Crippen LogP contribution >= 0.6 is 0 Å². The van der Waals surface area contributed by atoms with Crippen molar-refractivity contribution in [3.63, 3.8) is 0 Å². The van der Waals surface area contributed by atoms with E-state index in [0.29, 0.717) is 16.9 Å². The van der Waals surface area contributed by atoms with Gasteiger partial charge in [-0.1, -0.05) is 17.7 Å². The molecule has 0 saturated carbocycles. The third kappa shape index (κ3) is 5.54. The number of carbonyl (C=O) groups excluding carboxylic acids is 2. The molecule has 0 aliphatic heterocycles. The monoisotopic (exact) mass is 401 g/mol. The minimum absolute atomic E-state index is 0.280. The normalized spacial score (nSPS) is 10.6. The van der Waals surface area contributed by atoms with Gasteiger partial charge in [0.25, 0.3) is 5.91 Å². The summed E-state index contributed by atoms with van der Waals surface area (Å²) < 4.78 is 5.40. The van der Waals surface area contributed by atoms with Crippen molar-refractivity contribution in [2.75, 3.05) is 19.0 Å². The molecule has 152 valence electrons. The Labute approximate surface area is 175 Å². The van der Waals surface area contributed by atoms with Gasteiger partial charge in [0.05, 0.1) is 11.8 Å². The molecule has 0 fully saturated rings. The molecule has 0 aromatic heterocycles. The summed E-state index contributed by atoms with van der Waals surface area (Å²) in [6, 6.07) is 21.3. The van der Waals surface area contributed by atoms with E-state index in [4.69, 9.17) is 4.74 Å². The van der Waals surface area contributed by atoms with Gasteiger partial charge in [0.2, 0.25) is 0 Å². The maximum atomic E-state index is 12.3. The van der Waals surface area contributed by atoms with Crippen LogP contribution in [0.25, 0.3) is 0 Å². The number of hydrazone groups is 1. The van der Waals surface area contributed by atoms with E-state index in [-0.39, 0.29) is 5.91 Å². The van der Waals surface area contributed by atoms with Crippen LogP contribution in [0.5, 0.6) is 5.75 Å². The van der Waals surface area contributed by atoms with Gasteiger partial charge < -0.3 is 9.64 Å². The first-order chi connectivity index (χ1) is 14.4. The van der Waals surface area contributed by atoms with Crippen molar-refractivity contribution in [2.45, 2.75) is 6.92 Å². The first kappa shape index (κ1) is 20.8. The van der Waals surface area contributed by atoms with Crippen LogP contribution in [-0.2, 0) is 0 Å². The van der Waals surface area contributed by atoms with Crippen LogP contribution in [0, 0.1) is 6.92 Å². The predicted molar refractivity (Wildman–Crippen MR) is 118 cm³/mol. The van der Waals surface area contributed by atoms with Crippen molar-refractivity contribution in [1.29, 1.82) is 0 Å². The number of carbonyl (C=O) groups is 2. The number of aryl methyl sites for hydroxylation is 1. The molecule has 1 amide bonds. The topological polar surface area (TPSA) is 71.0 Å². The van der Waals surface area contributed by atoms with Crippen molar-refractivity contribution >= 4 is 23.8 Å². The smallest absolute Gasteiger partial charge is 0.343 e. The molecule has 0 heterocycles. The minimum Gasteiger partial charge on any atom is -0.423 e. The largest absolute Gasteiger partial charge is 0.423 e. The van der Waals surface area contributed by atoms with Crippen LogP contribution in [-0.4, -0.2) is 32.2 Å². The maximum Gasteiger partial charge on any atom is 0.343 e. The van der Waals surface area contributed by atoms with Gasteiger partial charge in [-0.05, 0) is 73.2 Å². The van der Waals surface area contributed by atoms with E-state index in [1.165, 1.54) is 6.21 Å². The first-order valence-corrected chi connectivity index (χ1v) is 9.42. The van der Waals surface area contributed by atoms with Crippen LogP contribution in [0.15, 0.2) is 77.9 Å². The van der Waals surface area contributed by atoms with E-state index in [0.717, 1.165) is 16.8 Å². The van der Waals surface area contributed by atoms with Crippen LogP contribution in [0.4, 0.5) is 5.69 Å². The van der Waals surface area contributed by atoms with Gasteiger partial charge in [0.15, 0.2) is 0 Å². The molecule has 0 aliphatic rings. The molecular weight excluding hydrogens is 378 g/mol. The molecule has 3 aromatic carbocycles. The zero-order valence-electron chi connectivity index (χ0n) is 17.1. The molecule has 3 aromatic rings. The number of esters is 1. The van der Waals surface area contributed by atoms with Crippen molar-refractivity contribution in [2.24, 2.45) is 5.10 Å². The van der Waals surface area contributed by atoms with Gasteiger partial charge in [0.1, 0.15) is 5.75 Å². The summed E-state index contributed by atoms with van der Waals surface area (Å²) in [6.07, 6.45) is 1.53. The van der Waals surface area contributed by atoms with E-state index >= 15 is 0 Å². The number of hydrogen-bond donors (Lipinski definition) is 1. The standard InChI is InChI=1S/C24H23N3O3/c1-17-4-8-19(9-5-17)23(28)26-25-16-18-6-14-22(15-7-18)30-24(29)20-10-12-21(13-11-20)27(2)3/h4-16H,1-3H3,(H,26,28)/b25-16+. The Bertz CT molecular complexity index is 1040. The summed E-state index contributed by atoms with van der Waals surface area (Å²) in [7, 11) is 3.87. The maximum absolute atomic E-state index is 12.3. The highest BCUT2D eigenvalue weighted by atomic mass is 16.5. The second-order valence-corrected chi connectivity index (χ2v) is 6.97. The molecule has 0 aliphatic carbocycles. The lowest BCUT2D eigenvalue weighted by Crippen LogP contribution is -2.17. The Hall–Kier alpha value is -3.93. The summed E-state index contributed by atoms with van der Waals surface area (Å²) >= 11 is 0. The molecule has 3 rings (SSSR count). The molecule has 6 heteroatoms. The Kier molecular flexibility index (Phi) is 6.60. The van der Waals surface area contributed by atoms with E-state index in [9.17, 15) is 9.59 Å². The second kappa shape index (κ2) is 9.52. The van der Waals surface area contributed by atoms with E-state index in [2.05, 4.69) is 10.5 Å². The Morgan fingerprint density at radius 2 is 1.47 bits per heavy atom. The Balaban J connectivity index is 1.55. The van der Waals surface area contributed by atoms with Gasteiger partial charge in [-0.15, -0.1) is 0 Å². The molecule has 0 atom stereocenters. The average molecular weight is 401 g/mol. The highest BCUT2D eigenvalue weighted by Gasteiger charge is 2.09. The van der Waals surface area contributed by atoms with Gasteiger partial charge in [-0.25, -0.2) is 10.2 Å². The average Bonchev–Trinajstić information content (AvgIpc) is 2.75. The van der Waals surface area contributed by atoms with E-state index in [1.54, 1.807) is 48.5 Å². The Morgan fingerprint density at radius 3 is 2.07 bits per heavy atom. The van der Waals surface area contributed by atoms with Gasteiger partial charge in [0, 0.05) is 25.3 Å². The molecule has 0 spiro atoms. The zero-order valence-corrected chi connectivity index (χ0v) is 17.1. The SMILES string of the molecule is Cc1ccc(C(=O)N/N=C/c2ccc(OC(=O)c3ccc(N(C)C)cc3)cc2)cc1. The Morgan fingerprint density at radius 1 is 0.867 bits per heavy atom. The molecule has 0 bridgehead atoms. The lowest BCUT2D eigenvalue weighted by atomic mass is 10.1. The van der Waals surface area contributed by atoms with Crippen molar-refractivity contribution in [1.82, 2.24) is 5.43 Å². The fourth-order valence-corrected chi connectivity index (χ4v) is 2.62. The number of nitrogens with one attached hydrogen (secondary N) is 1. The number of hydrogen-bond acceptors (Lipinski definition) is 5. The van der Waals surface area contributed by atoms with Crippen LogP contribution < -0.4 is 15.1 Å². The van der Waals surface area contributed by atoms with E-state index < -0.39 is 5.97 Å². The van der Waals surface area contributed by atoms with Crippen LogP contribution in [0.3, 0.4) is 0 Å². The van der Waals surface area contributed by atoms with Crippen molar-refractivity contribution < 1.29 is 14.3 Å². The minimum atomic E-state index is -0.424. The third-order valence-corrected chi connectivity index (χ3v) is 4.40. The predicted octanol–water partition coefficient (Wildman–Crippen LogP) is 4.04. The molecule has 0 unspecified atom stereocenters. The number of amides is 1. The van der Waals surface area contributed by atoms with Gasteiger partial charge >= 0.3 is 5.97 Å². The lowest BCUT2D eigenvalue weighted by Gasteiger charge is -2.12. The summed E-state index contributed by atoms with van der Waals surface area (Å²) in [6.45, 7) is 1.96. The second-order valence-electron chi connectivity index (χ2n) is 6.97. The summed E-state index contributed by atoms with van der Waals surface area (Å²) in [5, 5.41) is 3.96. The fourth-order valence-electron chi connectivity index (χ4n) is 2.62. The highest BCUT2D eigenvalue weighted by molar-refractivity contribution is 5.95. The lowest BCUT2D eigenvalue weighted by molar-refractivity contribution is 0.0734. The summed E-state index contributed by atoms with van der Waals surface area (Å²) in [5.41, 5.74) is 6.35. The van der Waals surface area contributed by atoms with Crippen LogP contribution in [0.2, 0.25) is 0 Å². The molecule has 0 saturated heterocycles. The van der Waals surface area contributed by atoms with Gasteiger partial charge in [-0.2, -0.15) is 5.10 Å². The van der Waals surface area contributed by atoms with Crippen molar-refractivity contribution in [3.8, 4) is 5.75 Å². The third-order valence-electron chi connectivity index (χ3n) is 4.40. The van der Waals surface area contributed by atoms with Gasteiger partial charge in [-0.3, -0.25) is 4.79 Å². The molecular formula is C24H23N3O3. The molecule has 1 N–H and O–H groups in total. The number of anilines is 1. The van der Waals surface area contributed by atoms with E-state index in [1.807, 2.05) is 50.2 Å². The van der Waals surface area contributed by atoms with Crippen LogP contribution in [0.1, 0.15) is 31.8 Å². The number of nitrogens with zero attached hydrogens (tertiary/aromatic N) is 2. The molecule has 0 radical (unpaired) electrons. The molecule has 30 heavy (non-hydrogen) atoms. The highest BCUT2D eigenvalue weighted by Crippen LogP contribution is 2.16. The van der Waals surface area contributed by atoms with Crippen molar-refractivity contribution in [3.05, 3.63) is 95.1 Å². The number of benzene rings is 3. The summed E-state index contributed by atoms with van der Waals surface area (Å²) in [4.78, 5) is 26.3. The quantitative estimate of drug-likeness (QED) is 0.293. The number of rotatable bonds is 6. The zero-order chi connectivity index (χ0) is 21.5.